The number of halogens is 1. The van der Waals surface area contributed by atoms with Crippen LogP contribution in [0, 0.1) is 5.82 Å². The van der Waals surface area contributed by atoms with E-state index in [-0.39, 0.29) is 17.5 Å². The van der Waals surface area contributed by atoms with Gasteiger partial charge in [-0.05, 0) is 18.6 Å². The Labute approximate surface area is 90.6 Å². The minimum Gasteiger partial charge on any atom is -0.379 e. The molecule has 3 rings (SSSR count). The van der Waals surface area contributed by atoms with E-state index in [0.717, 1.165) is 6.42 Å². The van der Waals surface area contributed by atoms with Gasteiger partial charge in [-0.2, -0.15) is 0 Å². The Balaban J connectivity index is 2.29. The predicted molar refractivity (Wildman–Crippen MR) is 57.0 cm³/mol. The van der Waals surface area contributed by atoms with Gasteiger partial charge in [0.2, 0.25) is 0 Å². The van der Waals surface area contributed by atoms with E-state index in [0.29, 0.717) is 24.2 Å². The van der Waals surface area contributed by atoms with E-state index in [1.165, 1.54) is 10.6 Å². The maximum absolute atomic E-state index is 13.7. The number of aromatic nitrogens is 2. The van der Waals surface area contributed by atoms with Crippen molar-refractivity contribution < 1.29 is 9.13 Å². The molecule has 2 aromatic rings. The van der Waals surface area contributed by atoms with Crippen LogP contribution in [-0.2, 0) is 4.74 Å². The third-order valence-electron chi connectivity index (χ3n) is 2.96. The van der Waals surface area contributed by atoms with Crippen molar-refractivity contribution in [2.24, 2.45) is 0 Å². The first kappa shape index (κ1) is 9.59. The van der Waals surface area contributed by atoms with Crippen LogP contribution in [0.5, 0.6) is 0 Å². The monoisotopic (exact) mass is 222 g/mol. The average molecular weight is 222 g/mol. The van der Waals surface area contributed by atoms with Crippen molar-refractivity contribution in [3.8, 4) is 0 Å². The van der Waals surface area contributed by atoms with E-state index in [4.69, 9.17) is 4.74 Å². The Morgan fingerprint density at radius 2 is 2.38 bits per heavy atom. The molecule has 0 spiro atoms. The lowest BCUT2D eigenvalue weighted by atomic mass is 10.2. The second-order valence-electron chi connectivity index (χ2n) is 3.95. The maximum atomic E-state index is 13.7. The molecular formula is C11H11FN2O2. The second-order valence-corrected chi connectivity index (χ2v) is 3.95. The second kappa shape index (κ2) is 3.45. The Bertz CT molecular complexity index is 581. The Morgan fingerprint density at radius 1 is 1.50 bits per heavy atom. The van der Waals surface area contributed by atoms with Crippen LogP contribution in [0.1, 0.15) is 12.5 Å². The van der Waals surface area contributed by atoms with Gasteiger partial charge in [-0.3, -0.25) is 4.57 Å². The molecule has 1 aromatic carbocycles. The summed E-state index contributed by atoms with van der Waals surface area (Å²) in [6.07, 6.45) is 0.751. The largest absolute Gasteiger partial charge is 0.379 e. The van der Waals surface area contributed by atoms with Gasteiger partial charge in [-0.1, -0.05) is 6.07 Å². The molecule has 0 radical (unpaired) electrons. The third-order valence-corrected chi connectivity index (χ3v) is 2.96. The molecule has 1 N–H and O–H groups in total. The molecule has 0 aliphatic carbocycles. The summed E-state index contributed by atoms with van der Waals surface area (Å²) in [5.41, 5.74) is 0.621. The van der Waals surface area contributed by atoms with Crippen molar-refractivity contribution in [3.63, 3.8) is 0 Å². The number of H-pyrrole nitrogens is 1. The molecule has 84 valence electrons. The molecule has 0 amide bonds. The van der Waals surface area contributed by atoms with Gasteiger partial charge >= 0.3 is 5.69 Å². The van der Waals surface area contributed by atoms with Crippen molar-refractivity contribution in [3.05, 3.63) is 34.5 Å². The normalized spacial score (nSPS) is 20.7. The van der Waals surface area contributed by atoms with Crippen LogP contribution in [0.3, 0.4) is 0 Å². The lowest BCUT2D eigenvalue weighted by molar-refractivity contribution is 0.186. The maximum Gasteiger partial charge on any atom is 0.326 e. The highest BCUT2D eigenvalue weighted by Crippen LogP contribution is 2.23. The van der Waals surface area contributed by atoms with Gasteiger partial charge in [0.1, 0.15) is 11.3 Å². The van der Waals surface area contributed by atoms with Gasteiger partial charge in [0.25, 0.3) is 0 Å². The lowest BCUT2D eigenvalue weighted by Crippen LogP contribution is -2.22. The first-order chi connectivity index (χ1) is 7.77. The molecule has 0 saturated carbocycles. The highest BCUT2D eigenvalue weighted by Gasteiger charge is 2.23. The molecule has 1 aliphatic heterocycles. The van der Waals surface area contributed by atoms with Gasteiger partial charge < -0.3 is 9.72 Å². The summed E-state index contributed by atoms with van der Waals surface area (Å²) in [6.45, 7) is 1.10. The van der Waals surface area contributed by atoms with Gasteiger partial charge in [0, 0.05) is 6.61 Å². The minimum absolute atomic E-state index is 0.0573. The molecule has 1 aliphatic rings. The molecule has 1 unspecified atom stereocenters. The van der Waals surface area contributed by atoms with Crippen molar-refractivity contribution in [2.45, 2.75) is 12.5 Å². The smallest absolute Gasteiger partial charge is 0.326 e. The SMILES string of the molecule is O=c1[nH]c2cccc(F)c2n1C1CCOC1. The Morgan fingerprint density at radius 3 is 3.12 bits per heavy atom. The van der Waals surface area contributed by atoms with E-state index in [2.05, 4.69) is 4.98 Å². The fourth-order valence-electron chi connectivity index (χ4n) is 2.21. The average Bonchev–Trinajstić information content (AvgIpc) is 2.84. The van der Waals surface area contributed by atoms with E-state index >= 15 is 0 Å². The highest BCUT2D eigenvalue weighted by atomic mass is 19.1. The number of ether oxygens (including phenoxy) is 1. The molecule has 2 heterocycles. The number of aromatic amines is 1. The van der Waals surface area contributed by atoms with Gasteiger partial charge in [0.15, 0.2) is 0 Å². The first-order valence-electron chi connectivity index (χ1n) is 5.24. The third kappa shape index (κ3) is 1.28. The van der Waals surface area contributed by atoms with E-state index < -0.39 is 0 Å². The lowest BCUT2D eigenvalue weighted by Gasteiger charge is -2.09. The van der Waals surface area contributed by atoms with Crippen LogP contribution in [-0.4, -0.2) is 22.8 Å². The Kier molecular flexibility index (Phi) is 2.07. The number of benzene rings is 1. The molecule has 0 bridgehead atoms. The number of rotatable bonds is 1. The molecule has 16 heavy (non-hydrogen) atoms. The van der Waals surface area contributed by atoms with Gasteiger partial charge in [0.05, 0.1) is 18.2 Å². The molecule has 1 fully saturated rings. The standard InChI is InChI=1S/C11H11FN2O2/c12-8-2-1-3-9-10(8)14(11(15)13-9)7-4-5-16-6-7/h1-3,7H,4-6H2,(H,13,15). The number of fused-ring (bicyclic) bond motifs is 1. The van der Waals surface area contributed by atoms with Crippen LogP contribution in [0.4, 0.5) is 4.39 Å². The summed E-state index contributed by atoms with van der Waals surface area (Å²) >= 11 is 0. The molecule has 1 atom stereocenters. The summed E-state index contributed by atoms with van der Waals surface area (Å²) in [7, 11) is 0. The fraction of sp³-hybridized carbons (Fsp3) is 0.364. The van der Waals surface area contributed by atoms with Gasteiger partial charge in [-0.25, -0.2) is 9.18 Å². The number of hydrogen-bond donors (Lipinski definition) is 1. The fourth-order valence-corrected chi connectivity index (χ4v) is 2.21. The minimum atomic E-state index is -0.372. The molecule has 1 saturated heterocycles. The first-order valence-corrected chi connectivity index (χ1v) is 5.24. The zero-order valence-corrected chi connectivity index (χ0v) is 8.57. The van der Waals surface area contributed by atoms with Crippen LogP contribution in [0.15, 0.2) is 23.0 Å². The number of nitrogens with one attached hydrogen (secondary N) is 1. The molecular weight excluding hydrogens is 211 g/mol. The summed E-state index contributed by atoms with van der Waals surface area (Å²) in [6, 6.07) is 4.59. The van der Waals surface area contributed by atoms with Crippen molar-refractivity contribution in [2.75, 3.05) is 13.2 Å². The molecule has 5 heteroatoms. The summed E-state index contributed by atoms with van der Waals surface area (Å²) < 4.78 is 20.4. The van der Waals surface area contributed by atoms with Crippen molar-refractivity contribution in [1.82, 2.24) is 9.55 Å². The van der Waals surface area contributed by atoms with Gasteiger partial charge in [-0.15, -0.1) is 0 Å². The highest BCUT2D eigenvalue weighted by molar-refractivity contribution is 5.75. The predicted octanol–water partition coefficient (Wildman–Crippen LogP) is 1.43. The summed E-state index contributed by atoms with van der Waals surface area (Å²) in [5, 5.41) is 0. The summed E-state index contributed by atoms with van der Waals surface area (Å²) in [4.78, 5) is 14.4. The van der Waals surface area contributed by atoms with E-state index in [1.54, 1.807) is 12.1 Å². The summed E-state index contributed by atoms with van der Waals surface area (Å²) in [5.74, 6) is -0.372. The quantitative estimate of drug-likeness (QED) is 0.793. The van der Waals surface area contributed by atoms with Crippen molar-refractivity contribution in [1.29, 1.82) is 0 Å². The molecule has 4 nitrogen and oxygen atoms in total. The zero-order chi connectivity index (χ0) is 11.1. The van der Waals surface area contributed by atoms with Crippen LogP contribution in [0.25, 0.3) is 11.0 Å². The van der Waals surface area contributed by atoms with Crippen LogP contribution >= 0.6 is 0 Å². The number of hydrogen-bond acceptors (Lipinski definition) is 2. The number of para-hydroxylation sites is 1. The van der Waals surface area contributed by atoms with E-state index in [1.807, 2.05) is 0 Å². The van der Waals surface area contributed by atoms with Crippen LogP contribution in [0.2, 0.25) is 0 Å². The van der Waals surface area contributed by atoms with Crippen LogP contribution < -0.4 is 5.69 Å². The van der Waals surface area contributed by atoms with Crippen molar-refractivity contribution >= 4 is 11.0 Å². The van der Waals surface area contributed by atoms with E-state index in [9.17, 15) is 9.18 Å². The molecule has 1 aromatic heterocycles. The number of imidazole rings is 1. The number of nitrogens with zero attached hydrogens (tertiary/aromatic N) is 1. The topological polar surface area (TPSA) is 47.0 Å². The zero-order valence-electron chi connectivity index (χ0n) is 8.57. The Hall–Kier alpha value is -1.62.